The van der Waals surface area contributed by atoms with Crippen LogP contribution in [0.3, 0.4) is 0 Å². The zero-order chi connectivity index (χ0) is 13.5. The van der Waals surface area contributed by atoms with E-state index in [1.807, 2.05) is 13.8 Å². The Labute approximate surface area is 110 Å². The van der Waals surface area contributed by atoms with Crippen LogP contribution < -0.4 is 11.1 Å². The Hall–Kier alpha value is -1.76. The molecular weight excluding hydrogens is 252 g/mol. The average Bonchev–Trinajstić information content (AvgIpc) is 2.35. The number of nitrogens with two attached hydrogens (primary N) is 1. The van der Waals surface area contributed by atoms with Crippen LogP contribution in [0.4, 0.5) is 0 Å². The summed E-state index contributed by atoms with van der Waals surface area (Å²) in [7, 11) is 0. The lowest BCUT2D eigenvalue weighted by Gasteiger charge is -2.07. The quantitative estimate of drug-likeness (QED) is 0.241. The molecule has 0 bridgehead atoms. The molecule has 0 saturated heterocycles. The summed E-state index contributed by atoms with van der Waals surface area (Å²) in [5.41, 5.74) is 5.95. The van der Waals surface area contributed by atoms with Gasteiger partial charge in [0.05, 0.1) is 10.8 Å². The van der Waals surface area contributed by atoms with Crippen LogP contribution in [0, 0.1) is 0 Å². The van der Waals surface area contributed by atoms with Gasteiger partial charge in [0.2, 0.25) is 5.91 Å². The van der Waals surface area contributed by atoms with E-state index in [9.17, 15) is 4.79 Å². The lowest BCUT2D eigenvalue weighted by Crippen LogP contribution is -2.31. The molecule has 0 fully saturated rings. The van der Waals surface area contributed by atoms with Crippen LogP contribution in [0.2, 0.25) is 0 Å². The monoisotopic (exact) mass is 268 g/mol. The van der Waals surface area contributed by atoms with Crippen LogP contribution in [-0.2, 0) is 4.79 Å². The first-order chi connectivity index (χ1) is 8.52. The number of pyridine rings is 1. The molecule has 1 amide bonds. The van der Waals surface area contributed by atoms with E-state index in [2.05, 4.69) is 15.5 Å². The summed E-state index contributed by atoms with van der Waals surface area (Å²) in [6, 6.07) is 3.54. The van der Waals surface area contributed by atoms with Gasteiger partial charge in [-0.2, -0.15) is 0 Å². The first kappa shape index (κ1) is 14.3. The number of oxime groups is 1. The molecule has 1 aromatic rings. The molecule has 7 heteroatoms. The van der Waals surface area contributed by atoms with Crippen LogP contribution in [0.5, 0.6) is 0 Å². The second-order valence-corrected chi connectivity index (χ2v) is 4.88. The van der Waals surface area contributed by atoms with Crippen molar-refractivity contribution >= 4 is 23.5 Å². The maximum atomic E-state index is 11.4. The Balaban J connectivity index is 2.52. The van der Waals surface area contributed by atoms with Crippen molar-refractivity contribution in [3.05, 3.63) is 23.9 Å². The number of amides is 1. The molecule has 0 saturated carbocycles. The molecule has 0 aliphatic carbocycles. The van der Waals surface area contributed by atoms with E-state index in [0.29, 0.717) is 16.3 Å². The predicted octanol–water partition coefficient (Wildman–Crippen LogP) is 0.793. The number of hydrogen-bond donors (Lipinski definition) is 3. The largest absolute Gasteiger partial charge is 0.409 e. The number of hydrogen-bond acceptors (Lipinski definition) is 5. The molecule has 0 aliphatic rings. The lowest BCUT2D eigenvalue weighted by atomic mass is 10.3. The molecule has 1 rings (SSSR count). The molecule has 0 aliphatic heterocycles. The van der Waals surface area contributed by atoms with Gasteiger partial charge in [0.25, 0.3) is 0 Å². The minimum Gasteiger partial charge on any atom is -0.409 e. The van der Waals surface area contributed by atoms with Gasteiger partial charge in [0.15, 0.2) is 5.84 Å². The van der Waals surface area contributed by atoms with Crippen molar-refractivity contribution in [1.82, 2.24) is 10.3 Å². The molecule has 1 aromatic heterocycles. The van der Waals surface area contributed by atoms with Gasteiger partial charge in [-0.3, -0.25) is 4.79 Å². The van der Waals surface area contributed by atoms with Gasteiger partial charge in [0, 0.05) is 17.8 Å². The van der Waals surface area contributed by atoms with Gasteiger partial charge in [-0.25, -0.2) is 4.98 Å². The second-order valence-electron chi connectivity index (χ2n) is 3.88. The van der Waals surface area contributed by atoms with Crippen molar-refractivity contribution in [3.8, 4) is 0 Å². The Morgan fingerprint density at radius 1 is 1.61 bits per heavy atom. The fourth-order valence-corrected chi connectivity index (χ4v) is 1.83. The molecule has 0 spiro atoms. The third-order valence-corrected chi connectivity index (χ3v) is 2.88. The summed E-state index contributed by atoms with van der Waals surface area (Å²) in [5.74, 6) is 0.294. The summed E-state index contributed by atoms with van der Waals surface area (Å²) < 4.78 is 0. The summed E-state index contributed by atoms with van der Waals surface area (Å²) in [5, 5.41) is 14.9. The Morgan fingerprint density at radius 3 is 2.83 bits per heavy atom. The summed E-state index contributed by atoms with van der Waals surface area (Å²) >= 11 is 1.33. The molecule has 4 N–H and O–H groups in total. The normalized spacial score (nSPS) is 11.6. The van der Waals surface area contributed by atoms with E-state index in [0.717, 1.165) is 0 Å². The minimum atomic E-state index is -0.0303. The van der Waals surface area contributed by atoms with Crippen molar-refractivity contribution in [2.45, 2.75) is 24.9 Å². The number of carbonyl (C=O) groups excluding carboxylic acids is 1. The van der Waals surface area contributed by atoms with Gasteiger partial charge >= 0.3 is 0 Å². The van der Waals surface area contributed by atoms with Crippen molar-refractivity contribution in [3.63, 3.8) is 0 Å². The molecule has 98 valence electrons. The third kappa shape index (κ3) is 4.62. The maximum Gasteiger partial charge on any atom is 0.230 e. The average molecular weight is 268 g/mol. The number of carbonyl (C=O) groups is 1. The molecule has 0 unspecified atom stereocenters. The lowest BCUT2D eigenvalue weighted by molar-refractivity contribution is -0.119. The zero-order valence-corrected chi connectivity index (χ0v) is 11.1. The summed E-state index contributed by atoms with van der Waals surface area (Å²) in [4.78, 5) is 15.5. The first-order valence-electron chi connectivity index (χ1n) is 5.39. The minimum absolute atomic E-state index is 0.0107. The molecule has 1 heterocycles. The first-order valence-corrected chi connectivity index (χ1v) is 6.37. The molecule has 0 aromatic carbocycles. The van der Waals surface area contributed by atoms with E-state index in [1.165, 1.54) is 18.0 Å². The topological polar surface area (TPSA) is 101 Å². The van der Waals surface area contributed by atoms with Crippen LogP contribution in [0.15, 0.2) is 28.5 Å². The Kier molecular flexibility index (Phi) is 5.44. The zero-order valence-electron chi connectivity index (χ0n) is 10.3. The van der Waals surface area contributed by atoms with Crippen molar-refractivity contribution in [2.75, 3.05) is 5.75 Å². The predicted molar refractivity (Wildman–Crippen MR) is 70.8 cm³/mol. The number of amidine groups is 1. The fraction of sp³-hybridized carbons (Fsp3) is 0.364. The van der Waals surface area contributed by atoms with Gasteiger partial charge < -0.3 is 16.3 Å². The Morgan fingerprint density at radius 2 is 2.33 bits per heavy atom. The van der Waals surface area contributed by atoms with Gasteiger partial charge in [0.1, 0.15) is 0 Å². The van der Waals surface area contributed by atoms with Gasteiger partial charge in [-0.05, 0) is 26.0 Å². The Bertz CT molecular complexity index is 431. The van der Waals surface area contributed by atoms with Crippen molar-refractivity contribution < 1.29 is 10.0 Å². The summed E-state index contributed by atoms with van der Waals surface area (Å²) in [6.07, 6.45) is 1.50. The molecule has 18 heavy (non-hydrogen) atoms. The second kappa shape index (κ2) is 6.85. The number of nitrogens with one attached hydrogen (secondary N) is 1. The molecular formula is C11H16N4O2S. The highest BCUT2D eigenvalue weighted by Crippen LogP contribution is 2.14. The third-order valence-electron chi connectivity index (χ3n) is 1.94. The SMILES string of the molecule is CC(C)NC(=O)CSc1ccc(/C(N)=N/O)cn1. The molecule has 0 atom stereocenters. The number of aromatic nitrogens is 1. The molecule has 0 radical (unpaired) electrons. The maximum absolute atomic E-state index is 11.4. The van der Waals surface area contributed by atoms with E-state index in [1.54, 1.807) is 12.1 Å². The number of rotatable bonds is 5. The smallest absolute Gasteiger partial charge is 0.230 e. The van der Waals surface area contributed by atoms with E-state index < -0.39 is 0 Å². The van der Waals surface area contributed by atoms with Crippen LogP contribution >= 0.6 is 11.8 Å². The highest BCUT2D eigenvalue weighted by molar-refractivity contribution is 7.99. The van der Waals surface area contributed by atoms with Crippen LogP contribution in [0.25, 0.3) is 0 Å². The van der Waals surface area contributed by atoms with E-state index >= 15 is 0 Å². The van der Waals surface area contributed by atoms with Crippen molar-refractivity contribution in [1.29, 1.82) is 0 Å². The van der Waals surface area contributed by atoms with Crippen molar-refractivity contribution in [2.24, 2.45) is 10.9 Å². The van der Waals surface area contributed by atoms with Crippen LogP contribution in [0.1, 0.15) is 19.4 Å². The fourth-order valence-electron chi connectivity index (χ4n) is 1.18. The highest BCUT2D eigenvalue weighted by atomic mass is 32.2. The van der Waals surface area contributed by atoms with Gasteiger partial charge in [-0.1, -0.05) is 16.9 Å². The van der Waals surface area contributed by atoms with E-state index in [4.69, 9.17) is 10.9 Å². The number of thioether (sulfide) groups is 1. The highest BCUT2D eigenvalue weighted by Gasteiger charge is 2.06. The number of nitrogens with zero attached hydrogens (tertiary/aromatic N) is 2. The standard InChI is InChI=1S/C11H16N4O2S/c1-7(2)14-9(16)6-18-10-4-3-8(5-13-10)11(12)15-17/h3-5,7,17H,6H2,1-2H3,(H2,12,15)(H,14,16). The summed E-state index contributed by atoms with van der Waals surface area (Å²) in [6.45, 7) is 3.82. The van der Waals surface area contributed by atoms with Crippen LogP contribution in [-0.4, -0.2) is 33.7 Å². The molecule has 6 nitrogen and oxygen atoms in total. The van der Waals surface area contributed by atoms with E-state index in [-0.39, 0.29) is 17.8 Å². The van der Waals surface area contributed by atoms with Gasteiger partial charge in [-0.15, -0.1) is 0 Å².